The molecule has 1 saturated carbocycles. The first-order valence-electron chi connectivity index (χ1n) is 4.80. The minimum absolute atomic E-state index is 0.0805. The van der Waals surface area contributed by atoms with Gasteiger partial charge in [-0.2, -0.15) is 0 Å². The second-order valence-electron chi connectivity index (χ2n) is 3.64. The van der Waals surface area contributed by atoms with E-state index in [1.54, 1.807) is 6.92 Å². The molecule has 0 aromatic rings. The number of rotatable bonds is 6. The van der Waals surface area contributed by atoms with Crippen molar-refractivity contribution in [3.63, 3.8) is 0 Å². The average Bonchev–Trinajstić information content (AvgIpc) is 2.79. The number of Topliss-reactive ketones (excluding diaryl/α,β-unsaturated/α-hetero) is 1. The maximum Gasteiger partial charge on any atom is 0.135 e. The van der Waals surface area contributed by atoms with E-state index in [4.69, 9.17) is 4.74 Å². The summed E-state index contributed by atoms with van der Waals surface area (Å²) in [5.41, 5.74) is 0.0805. The zero-order valence-corrected chi connectivity index (χ0v) is 8.06. The number of ketones is 1. The zero-order chi connectivity index (χ0) is 9.03. The number of ether oxygens (including phenoxy) is 1. The maximum absolute atomic E-state index is 11.2. The predicted molar refractivity (Wildman–Crippen MR) is 48.1 cm³/mol. The quantitative estimate of drug-likeness (QED) is 0.571. The molecule has 0 atom stereocenters. The predicted octanol–water partition coefficient (Wildman–Crippen LogP) is 2.17. The third kappa shape index (κ3) is 2.31. The monoisotopic (exact) mass is 170 g/mol. The van der Waals surface area contributed by atoms with Crippen molar-refractivity contribution in [1.29, 1.82) is 0 Å². The zero-order valence-electron chi connectivity index (χ0n) is 8.06. The lowest BCUT2D eigenvalue weighted by atomic mass is 9.96. The summed E-state index contributed by atoms with van der Waals surface area (Å²) in [4.78, 5) is 11.2. The lowest BCUT2D eigenvalue weighted by Crippen LogP contribution is -2.12. The van der Waals surface area contributed by atoms with E-state index in [1.807, 2.05) is 6.92 Å². The number of carbonyl (C=O) groups excluding carboxylic acids is 1. The van der Waals surface area contributed by atoms with Crippen molar-refractivity contribution < 1.29 is 9.53 Å². The molecule has 0 spiro atoms. The van der Waals surface area contributed by atoms with Gasteiger partial charge in [-0.05, 0) is 39.5 Å². The third-order valence-electron chi connectivity index (χ3n) is 2.75. The summed E-state index contributed by atoms with van der Waals surface area (Å²) in [6.45, 7) is 5.31. The SMILES string of the molecule is CCOCCCC1(C(C)=O)CC1. The van der Waals surface area contributed by atoms with E-state index in [0.717, 1.165) is 38.9 Å². The highest BCUT2D eigenvalue weighted by Crippen LogP contribution is 2.50. The van der Waals surface area contributed by atoms with E-state index in [1.165, 1.54) is 0 Å². The molecule has 0 amide bonds. The summed E-state index contributed by atoms with van der Waals surface area (Å²) in [5.74, 6) is 0.374. The Labute approximate surface area is 74.3 Å². The van der Waals surface area contributed by atoms with E-state index in [0.29, 0.717) is 5.78 Å². The summed E-state index contributed by atoms with van der Waals surface area (Å²) in [6, 6.07) is 0. The van der Waals surface area contributed by atoms with Crippen molar-refractivity contribution in [3.8, 4) is 0 Å². The highest BCUT2D eigenvalue weighted by atomic mass is 16.5. The van der Waals surface area contributed by atoms with Crippen LogP contribution in [0.15, 0.2) is 0 Å². The van der Waals surface area contributed by atoms with Crippen LogP contribution in [0.1, 0.15) is 39.5 Å². The van der Waals surface area contributed by atoms with Crippen LogP contribution in [0.3, 0.4) is 0 Å². The molecule has 12 heavy (non-hydrogen) atoms. The van der Waals surface area contributed by atoms with Gasteiger partial charge in [0, 0.05) is 18.6 Å². The lowest BCUT2D eigenvalue weighted by molar-refractivity contribution is -0.122. The normalized spacial score (nSPS) is 19.2. The highest BCUT2D eigenvalue weighted by molar-refractivity contribution is 5.84. The smallest absolute Gasteiger partial charge is 0.135 e. The van der Waals surface area contributed by atoms with Gasteiger partial charge in [-0.3, -0.25) is 4.79 Å². The molecule has 2 nitrogen and oxygen atoms in total. The molecule has 2 heteroatoms. The first-order valence-corrected chi connectivity index (χ1v) is 4.80. The lowest BCUT2D eigenvalue weighted by Gasteiger charge is -2.09. The van der Waals surface area contributed by atoms with Gasteiger partial charge < -0.3 is 4.74 Å². The minimum atomic E-state index is 0.0805. The van der Waals surface area contributed by atoms with Gasteiger partial charge in [0.25, 0.3) is 0 Å². The minimum Gasteiger partial charge on any atom is -0.382 e. The molecule has 0 aliphatic heterocycles. The molecular weight excluding hydrogens is 152 g/mol. The second kappa shape index (κ2) is 4.04. The average molecular weight is 170 g/mol. The van der Waals surface area contributed by atoms with E-state index < -0.39 is 0 Å². The first-order chi connectivity index (χ1) is 5.71. The van der Waals surface area contributed by atoms with Crippen LogP contribution in [0.4, 0.5) is 0 Å². The van der Waals surface area contributed by atoms with E-state index in [9.17, 15) is 4.79 Å². The van der Waals surface area contributed by atoms with E-state index in [2.05, 4.69) is 0 Å². The van der Waals surface area contributed by atoms with Crippen LogP contribution in [-0.2, 0) is 9.53 Å². The Kier molecular flexibility index (Phi) is 3.27. The first kappa shape index (κ1) is 9.72. The Morgan fingerprint density at radius 1 is 1.50 bits per heavy atom. The topological polar surface area (TPSA) is 26.3 Å². The van der Waals surface area contributed by atoms with Gasteiger partial charge in [0.05, 0.1) is 0 Å². The third-order valence-corrected chi connectivity index (χ3v) is 2.75. The summed E-state index contributed by atoms with van der Waals surface area (Å²) in [6.07, 6.45) is 4.28. The summed E-state index contributed by atoms with van der Waals surface area (Å²) >= 11 is 0. The molecule has 0 bridgehead atoms. The molecule has 0 saturated heterocycles. The fraction of sp³-hybridized carbons (Fsp3) is 0.900. The molecule has 0 unspecified atom stereocenters. The standard InChI is InChI=1S/C10H18O2/c1-3-12-8-4-5-10(6-7-10)9(2)11/h3-8H2,1-2H3. The largest absolute Gasteiger partial charge is 0.382 e. The van der Waals surface area contributed by atoms with Crippen molar-refractivity contribution in [3.05, 3.63) is 0 Å². The van der Waals surface area contributed by atoms with Crippen molar-refractivity contribution in [2.45, 2.75) is 39.5 Å². The Hall–Kier alpha value is -0.370. The molecule has 0 aromatic carbocycles. The van der Waals surface area contributed by atoms with E-state index in [-0.39, 0.29) is 5.41 Å². The summed E-state index contributed by atoms with van der Waals surface area (Å²) < 4.78 is 5.23. The molecule has 0 aromatic heterocycles. The van der Waals surface area contributed by atoms with Gasteiger partial charge in [0.2, 0.25) is 0 Å². The van der Waals surface area contributed by atoms with Gasteiger partial charge in [-0.15, -0.1) is 0 Å². The van der Waals surface area contributed by atoms with Crippen LogP contribution in [-0.4, -0.2) is 19.0 Å². The van der Waals surface area contributed by atoms with Crippen molar-refractivity contribution >= 4 is 5.78 Å². The maximum atomic E-state index is 11.2. The fourth-order valence-electron chi connectivity index (χ4n) is 1.59. The van der Waals surface area contributed by atoms with Gasteiger partial charge >= 0.3 is 0 Å². The Bertz CT molecular complexity index is 159. The Balaban J connectivity index is 2.10. The van der Waals surface area contributed by atoms with Gasteiger partial charge in [-0.1, -0.05) is 0 Å². The van der Waals surface area contributed by atoms with Gasteiger partial charge in [0.15, 0.2) is 0 Å². The summed E-state index contributed by atoms with van der Waals surface area (Å²) in [5, 5.41) is 0. The highest BCUT2D eigenvalue weighted by Gasteiger charge is 2.46. The molecular formula is C10H18O2. The molecule has 1 aliphatic rings. The van der Waals surface area contributed by atoms with Crippen LogP contribution < -0.4 is 0 Å². The van der Waals surface area contributed by atoms with E-state index >= 15 is 0 Å². The number of hydrogen-bond donors (Lipinski definition) is 0. The number of carbonyl (C=O) groups is 1. The van der Waals surface area contributed by atoms with Crippen LogP contribution in [0.5, 0.6) is 0 Å². The molecule has 0 radical (unpaired) electrons. The van der Waals surface area contributed by atoms with Crippen LogP contribution in [0.2, 0.25) is 0 Å². The second-order valence-corrected chi connectivity index (χ2v) is 3.64. The Morgan fingerprint density at radius 3 is 2.58 bits per heavy atom. The molecule has 0 heterocycles. The number of hydrogen-bond acceptors (Lipinski definition) is 2. The van der Waals surface area contributed by atoms with Crippen molar-refractivity contribution in [2.24, 2.45) is 5.41 Å². The molecule has 1 fully saturated rings. The molecule has 70 valence electrons. The molecule has 1 aliphatic carbocycles. The van der Waals surface area contributed by atoms with Crippen molar-refractivity contribution in [1.82, 2.24) is 0 Å². The van der Waals surface area contributed by atoms with Gasteiger partial charge in [-0.25, -0.2) is 0 Å². The van der Waals surface area contributed by atoms with Crippen LogP contribution in [0, 0.1) is 5.41 Å². The van der Waals surface area contributed by atoms with Crippen LogP contribution >= 0.6 is 0 Å². The fourth-order valence-corrected chi connectivity index (χ4v) is 1.59. The van der Waals surface area contributed by atoms with Gasteiger partial charge in [0.1, 0.15) is 5.78 Å². The van der Waals surface area contributed by atoms with Crippen LogP contribution in [0.25, 0.3) is 0 Å². The van der Waals surface area contributed by atoms with Crippen molar-refractivity contribution in [2.75, 3.05) is 13.2 Å². The molecule has 1 rings (SSSR count). The Morgan fingerprint density at radius 2 is 2.17 bits per heavy atom. The molecule has 0 N–H and O–H groups in total. The summed E-state index contributed by atoms with van der Waals surface area (Å²) in [7, 11) is 0.